The molecule has 0 N–H and O–H groups in total. The summed E-state index contributed by atoms with van der Waals surface area (Å²) in [5.74, 6) is 1.32. The van der Waals surface area contributed by atoms with Crippen LogP contribution in [-0.4, -0.2) is 29.2 Å². The zero-order chi connectivity index (χ0) is 15.6. The molecule has 1 aromatic heterocycles. The predicted octanol–water partition coefficient (Wildman–Crippen LogP) is 2.45. The van der Waals surface area contributed by atoms with E-state index in [1.165, 1.54) is 0 Å². The third-order valence-corrected chi connectivity index (χ3v) is 3.10. The van der Waals surface area contributed by atoms with E-state index < -0.39 is 0 Å². The fourth-order valence-corrected chi connectivity index (χ4v) is 2.16. The quantitative estimate of drug-likeness (QED) is 0.866. The monoisotopic (exact) mass is 286 g/mol. The highest BCUT2D eigenvalue weighted by Crippen LogP contribution is 2.32. The molecule has 6 nitrogen and oxygen atoms in total. The Hall–Kier alpha value is -2.55. The molecule has 0 radical (unpaired) electrons. The Morgan fingerprint density at radius 1 is 1.19 bits per heavy atom. The summed E-state index contributed by atoms with van der Waals surface area (Å²) in [5, 5.41) is 17.3. The number of aromatic nitrogens is 3. The predicted molar refractivity (Wildman–Crippen MR) is 77.9 cm³/mol. The van der Waals surface area contributed by atoms with Crippen LogP contribution in [0.4, 0.5) is 0 Å². The third kappa shape index (κ3) is 2.68. The summed E-state index contributed by atoms with van der Waals surface area (Å²) in [5.41, 5.74) is 1.45. The number of nitrogens with zero attached hydrogens (tertiary/aromatic N) is 4. The van der Waals surface area contributed by atoms with E-state index >= 15 is 0 Å². The highest BCUT2D eigenvalue weighted by molar-refractivity contribution is 5.52. The molecule has 21 heavy (non-hydrogen) atoms. The van der Waals surface area contributed by atoms with Crippen LogP contribution in [-0.2, 0) is 5.41 Å². The summed E-state index contributed by atoms with van der Waals surface area (Å²) in [6.45, 7) is 6.03. The first kappa shape index (κ1) is 14.9. The van der Waals surface area contributed by atoms with Crippen molar-refractivity contribution in [2.75, 3.05) is 14.2 Å². The lowest BCUT2D eigenvalue weighted by atomic mass is 9.90. The summed E-state index contributed by atoms with van der Waals surface area (Å²) < 4.78 is 12.3. The molecule has 110 valence electrons. The van der Waals surface area contributed by atoms with Gasteiger partial charge in [-0.05, 0) is 12.1 Å². The maximum atomic E-state index is 9.25. The first-order chi connectivity index (χ1) is 9.92. The fourth-order valence-electron chi connectivity index (χ4n) is 2.16. The van der Waals surface area contributed by atoms with Crippen molar-refractivity contribution in [2.45, 2.75) is 26.2 Å². The molecule has 0 amide bonds. The average Bonchev–Trinajstić information content (AvgIpc) is 2.90. The number of benzene rings is 1. The number of ether oxygens (including phenoxy) is 2. The van der Waals surface area contributed by atoms with Crippen molar-refractivity contribution in [3.8, 4) is 23.3 Å². The average molecular weight is 286 g/mol. The lowest BCUT2D eigenvalue weighted by Gasteiger charge is -2.21. The maximum Gasteiger partial charge on any atom is 0.186 e. The largest absolute Gasteiger partial charge is 0.497 e. The van der Waals surface area contributed by atoms with Crippen molar-refractivity contribution in [2.24, 2.45) is 0 Å². The third-order valence-electron chi connectivity index (χ3n) is 3.10. The number of methoxy groups -OCH3 is 2. The molecular formula is C15H18N4O2. The van der Waals surface area contributed by atoms with Crippen LogP contribution < -0.4 is 9.47 Å². The molecule has 0 saturated heterocycles. The number of hydrogen-bond acceptors (Lipinski definition) is 5. The Morgan fingerprint density at radius 3 is 2.43 bits per heavy atom. The van der Waals surface area contributed by atoms with Crippen LogP contribution in [0.1, 0.15) is 32.2 Å². The van der Waals surface area contributed by atoms with E-state index in [0.717, 1.165) is 5.69 Å². The van der Waals surface area contributed by atoms with Crippen molar-refractivity contribution in [3.63, 3.8) is 0 Å². The van der Waals surface area contributed by atoms with Crippen molar-refractivity contribution in [3.05, 3.63) is 29.6 Å². The van der Waals surface area contributed by atoms with Crippen molar-refractivity contribution < 1.29 is 9.47 Å². The van der Waals surface area contributed by atoms with E-state index in [-0.39, 0.29) is 5.41 Å². The Bertz CT molecular complexity index is 693. The standard InChI is InChI=1S/C15H18N4O2/c1-15(2,3)14-11(9-16)17-18-19(14)12-8-10(20-4)6-7-13(12)21-5/h6-8H,1-5H3. The van der Waals surface area contributed by atoms with Crippen LogP contribution in [0.5, 0.6) is 11.5 Å². The molecule has 1 heterocycles. The van der Waals surface area contributed by atoms with Gasteiger partial charge in [0.15, 0.2) is 5.69 Å². The smallest absolute Gasteiger partial charge is 0.186 e. The molecule has 0 unspecified atom stereocenters. The maximum absolute atomic E-state index is 9.25. The second-order valence-corrected chi connectivity index (χ2v) is 5.60. The second kappa shape index (κ2) is 5.44. The first-order valence-electron chi connectivity index (χ1n) is 6.51. The van der Waals surface area contributed by atoms with Crippen LogP contribution in [0.25, 0.3) is 5.69 Å². The van der Waals surface area contributed by atoms with E-state index in [2.05, 4.69) is 16.4 Å². The number of nitriles is 1. The minimum atomic E-state index is -0.289. The van der Waals surface area contributed by atoms with Gasteiger partial charge in [-0.25, -0.2) is 4.68 Å². The lowest BCUT2D eigenvalue weighted by molar-refractivity contribution is 0.399. The minimum absolute atomic E-state index is 0.289. The Kier molecular flexibility index (Phi) is 3.85. The Morgan fingerprint density at radius 2 is 1.90 bits per heavy atom. The van der Waals surface area contributed by atoms with E-state index in [0.29, 0.717) is 22.9 Å². The molecule has 0 atom stereocenters. The SMILES string of the molecule is COc1ccc(OC)c(-n2nnc(C#N)c2C(C)(C)C)c1. The zero-order valence-electron chi connectivity index (χ0n) is 12.8. The van der Waals surface area contributed by atoms with Crippen LogP contribution in [0, 0.1) is 11.3 Å². The Balaban J connectivity index is 2.73. The van der Waals surface area contributed by atoms with E-state index in [4.69, 9.17) is 9.47 Å². The topological polar surface area (TPSA) is 73.0 Å². The fraction of sp³-hybridized carbons (Fsp3) is 0.400. The molecule has 2 aromatic rings. The van der Waals surface area contributed by atoms with Crippen LogP contribution in [0.2, 0.25) is 0 Å². The lowest BCUT2D eigenvalue weighted by Crippen LogP contribution is -2.19. The van der Waals surface area contributed by atoms with Gasteiger partial charge in [0.2, 0.25) is 0 Å². The highest BCUT2D eigenvalue weighted by Gasteiger charge is 2.27. The van der Waals surface area contributed by atoms with Gasteiger partial charge in [-0.3, -0.25) is 0 Å². The van der Waals surface area contributed by atoms with Gasteiger partial charge in [0.05, 0.1) is 19.9 Å². The summed E-state index contributed by atoms with van der Waals surface area (Å²) in [6.07, 6.45) is 0. The zero-order valence-corrected chi connectivity index (χ0v) is 12.8. The molecule has 0 aliphatic carbocycles. The molecule has 2 rings (SSSR count). The van der Waals surface area contributed by atoms with Gasteiger partial charge in [0, 0.05) is 11.5 Å². The molecule has 0 spiro atoms. The van der Waals surface area contributed by atoms with Crippen LogP contribution in [0.3, 0.4) is 0 Å². The van der Waals surface area contributed by atoms with Crippen molar-refractivity contribution in [1.29, 1.82) is 5.26 Å². The molecule has 1 aromatic carbocycles. The number of hydrogen-bond donors (Lipinski definition) is 0. The van der Waals surface area contributed by atoms with Gasteiger partial charge in [-0.15, -0.1) is 5.10 Å². The van der Waals surface area contributed by atoms with Crippen molar-refractivity contribution >= 4 is 0 Å². The number of rotatable bonds is 3. The Labute approximate surface area is 123 Å². The second-order valence-electron chi connectivity index (χ2n) is 5.60. The van der Waals surface area contributed by atoms with Gasteiger partial charge in [-0.1, -0.05) is 26.0 Å². The molecule has 0 aliphatic rings. The van der Waals surface area contributed by atoms with Gasteiger partial charge >= 0.3 is 0 Å². The molecule has 6 heteroatoms. The van der Waals surface area contributed by atoms with Gasteiger partial charge in [-0.2, -0.15) is 5.26 Å². The molecule has 0 bridgehead atoms. The van der Waals surface area contributed by atoms with Gasteiger partial charge in [0.1, 0.15) is 23.3 Å². The molecular weight excluding hydrogens is 268 g/mol. The minimum Gasteiger partial charge on any atom is -0.497 e. The van der Waals surface area contributed by atoms with E-state index in [9.17, 15) is 5.26 Å². The van der Waals surface area contributed by atoms with Gasteiger partial charge in [0.25, 0.3) is 0 Å². The van der Waals surface area contributed by atoms with Crippen LogP contribution >= 0.6 is 0 Å². The first-order valence-corrected chi connectivity index (χ1v) is 6.51. The van der Waals surface area contributed by atoms with E-state index in [1.807, 2.05) is 26.8 Å². The van der Waals surface area contributed by atoms with Crippen LogP contribution in [0.15, 0.2) is 18.2 Å². The molecule has 0 fully saturated rings. The summed E-state index contributed by atoms with van der Waals surface area (Å²) in [6, 6.07) is 7.51. The normalized spacial score (nSPS) is 11.0. The summed E-state index contributed by atoms with van der Waals surface area (Å²) in [7, 11) is 3.18. The van der Waals surface area contributed by atoms with E-state index in [1.54, 1.807) is 31.0 Å². The van der Waals surface area contributed by atoms with Crippen molar-refractivity contribution in [1.82, 2.24) is 15.0 Å². The summed E-state index contributed by atoms with van der Waals surface area (Å²) >= 11 is 0. The van der Waals surface area contributed by atoms with Gasteiger partial charge < -0.3 is 9.47 Å². The molecule has 0 aliphatic heterocycles. The highest BCUT2D eigenvalue weighted by atomic mass is 16.5. The molecule has 0 saturated carbocycles. The summed E-state index contributed by atoms with van der Waals surface area (Å²) in [4.78, 5) is 0.